The van der Waals surface area contributed by atoms with Crippen molar-refractivity contribution in [2.75, 3.05) is 7.05 Å². The van der Waals surface area contributed by atoms with E-state index in [9.17, 15) is 0 Å². The average Bonchev–Trinajstić information content (AvgIpc) is 2.18. The molecule has 0 aliphatic heterocycles. The predicted octanol–water partition coefficient (Wildman–Crippen LogP) is 3.36. The van der Waals surface area contributed by atoms with Gasteiger partial charge in [-0.05, 0) is 38.4 Å². The van der Waals surface area contributed by atoms with Crippen molar-refractivity contribution in [1.82, 2.24) is 5.32 Å². The molecule has 14 heavy (non-hydrogen) atoms. The molecule has 1 nitrogen and oxygen atoms in total. The minimum Gasteiger partial charge on any atom is -0.313 e. The van der Waals surface area contributed by atoms with E-state index < -0.39 is 0 Å². The van der Waals surface area contributed by atoms with Gasteiger partial charge in [0, 0.05) is 6.04 Å². The second-order valence-corrected chi connectivity index (χ2v) is 3.99. The highest BCUT2D eigenvalue weighted by molar-refractivity contribution is 5.32. The topological polar surface area (TPSA) is 12.0 Å². The van der Waals surface area contributed by atoms with Gasteiger partial charge in [-0.25, -0.2) is 0 Å². The van der Waals surface area contributed by atoms with E-state index in [2.05, 4.69) is 44.3 Å². The van der Waals surface area contributed by atoms with E-state index in [1.807, 2.05) is 7.05 Å². The summed E-state index contributed by atoms with van der Waals surface area (Å²) in [5.41, 5.74) is 4.19. The molecule has 0 saturated heterocycles. The summed E-state index contributed by atoms with van der Waals surface area (Å²) in [7, 11) is 2.04. The van der Waals surface area contributed by atoms with Gasteiger partial charge in [-0.3, -0.25) is 0 Å². The lowest BCUT2D eigenvalue weighted by molar-refractivity contribution is 0.539. The maximum Gasteiger partial charge on any atom is 0.0320 e. The molecule has 1 aromatic rings. The van der Waals surface area contributed by atoms with Crippen molar-refractivity contribution in [2.24, 2.45) is 0 Å². The van der Waals surface area contributed by atoms with E-state index in [1.165, 1.54) is 29.5 Å². The monoisotopic (exact) mass is 191 g/mol. The summed E-state index contributed by atoms with van der Waals surface area (Å²) in [6, 6.07) is 7.20. The van der Waals surface area contributed by atoms with Crippen LogP contribution in [0.1, 0.15) is 42.5 Å². The Kier molecular flexibility index (Phi) is 4.15. The molecule has 0 heterocycles. The normalized spacial score (nSPS) is 12.9. The maximum atomic E-state index is 3.39. The first-order valence-corrected chi connectivity index (χ1v) is 5.43. The molecule has 1 N–H and O–H groups in total. The van der Waals surface area contributed by atoms with Gasteiger partial charge in [0.15, 0.2) is 0 Å². The lowest BCUT2D eigenvalue weighted by Crippen LogP contribution is -2.17. The van der Waals surface area contributed by atoms with Crippen LogP contribution < -0.4 is 5.32 Å². The smallest absolute Gasteiger partial charge is 0.0320 e. The van der Waals surface area contributed by atoms with E-state index in [-0.39, 0.29) is 0 Å². The van der Waals surface area contributed by atoms with Crippen molar-refractivity contribution < 1.29 is 0 Å². The van der Waals surface area contributed by atoms with Crippen LogP contribution in [0.3, 0.4) is 0 Å². The molecule has 78 valence electrons. The highest BCUT2D eigenvalue weighted by Gasteiger charge is 2.10. The van der Waals surface area contributed by atoms with Gasteiger partial charge in [-0.1, -0.05) is 37.1 Å². The number of hydrogen-bond donors (Lipinski definition) is 1. The zero-order valence-corrected chi connectivity index (χ0v) is 9.72. The third-order valence-electron chi connectivity index (χ3n) is 2.74. The van der Waals surface area contributed by atoms with Gasteiger partial charge >= 0.3 is 0 Å². The van der Waals surface area contributed by atoms with E-state index >= 15 is 0 Å². The number of aryl methyl sites for hydroxylation is 2. The first kappa shape index (κ1) is 11.3. The first-order chi connectivity index (χ1) is 6.69. The van der Waals surface area contributed by atoms with Crippen LogP contribution in [0.4, 0.5) is 0 Å². The van der Waals surface area contributed by atoms with Crippen LogP contribution >= 0.6 is 0 Å². The average molecular weight is 191 g/mol. The van der Waals surface area contributed by atoms with Crippen molar-refractivity contribution in [2.45, 2.75) is 39.7 Å². The molecule has 1 heteroatoms. The summed E-state index contributed by atoms with van der Waals surface area (Å²) in [6.45, 7) is 6.58. The van der Waals surface area contributed by atoms with Crippen LogP contribution in [0.5, 0.6) is 0 Å². The van der Waals surface area contributed by atoms with Crippen LogP contribution in [0.2, 0.25) is 0 Å². The molecule has 1 atom stereocenters. The highest BCUT2D eigenvalue weighted by atomic mass is 14.9. The molecule has 0 spiro atoms. The molecule has 0 aromatic heterocycles. The second-order valence-electron chi connectivity index (χ2n) is 3.99. The third kappa shape index (κ3) is 2.58. The van der Waals surface area contributed by atoms with Gasteiger partial charge in [0.25, 0.3) is 0 Å². The largest absolute Gasteiger partial charge is 0.313 e. The summed E-state index contributed by atoms with van der Waals surface area (Å²) in [4.78, 5) is 0. The maximum absolute atomic E-state index is 3.39. The fourth-order valence-corrected chi connectivity index (χ4v) is 1.88. The third-order valence-corrected chi connectivity index (χ3v) is 2.74. The van der Waals surface area contributed by atoms with Crippen LogP contribution in [-0.2, 0) is 0 Å². The van der Waals surface area contributed by atoms with Gasteiger partial charge < -0.3 is 5.32 Å². The van der Waals surface area contributed by atoms with Crippen molar-refractivity contribution in [3.8, 4) is 0 Å². The van der Waals surface area contributed by atoms with E-state index in [1.54, 1.807) is 0 Å². The minimum atomic E-state index is 0.514. The van der Waals surface area contributed by atoms with Gasteiger partial charge in [0.2, 0.25) is 0 Å². The summed E-state index contributed by atoms with van der Waals surface area (Å²) in [5, 5.41) is 3.39. The van der Waals surface area contributed by atoms with Crippen molar-refractivity contribution >= 4 is 0 Å². The van der Waals surface area contributed by atoms with Gasteiger partial charge in [0.1, 0.15) is 0 Å². The number of hydrogen-bond acceptors (Lipinski definition) is 1. The Morgan fingerprint density at radius 1 is 1.29 bits per heavy atom. The van der Waals surface area contributed by atoms with Crippen LogP contribution in [0.15, 0.2) is 18.2 Å². The van der Waals surface area contributed by atoms with E-state index in [0.717, 1.165) is 0 Å². The molecule has 0 bridgehead atoms. The standard InChI is InChI=1S/C13H21N/c1-5-6-13(14-4)12-9-10(2)7-8-11(12)3/h7-9,13-14H,5-6H2,1-4H3. The Morgan fingerprint density at radius 2 is 2.00 bits per heavy atom. The van der Waals surface area contributed by atoms with Gasteiger partial charge in [-0.2, -0.15) is 0 Å². The molecule has 0 aliphatic rings. The summed E-state index contributed by atoms with van der Waals surface area (Å²) >= 11 is 0. The number of benzene rings is 1. The second kappa shape index (κ2) is 5.16. The summed E-state index contributed by atoms with van der Waals surface area (Å²) in [5.74, 6) is 0. The predicted molar refractivity (Wildman–Crippen MR) is 62.6 cm³/mol. The fraction of sp³-hybridized carbons (Fsp3) is 0.538. The highest BCUT2D eigenvalue weighted by Crippen LogP contribution is 2.22. The first-order valence-electron chi connectivity index (χ1n) is 5.43. The Morgan fingerprint density at radius 3 is 2.57 bits per heavy atom. The Balaban J connectivity index is 2.96. The van der Waals surface area contributed by atoms with Crippen molar-refractivity contribution in [3.05, 3.63) is 34.9 Å². The van der Waals surface area contributed by atoms with Crippen LogP contribution in [0.25, 0.3) is 0 Å². The lowest BCUT2D eigenvalue weighted by atomic mass is 9.96. The van der Waals surface area contributed by atoms with E-state index in [4.69, 9.17) is 0 Å². The summed E-state index contributed by atoms with van der Waals surface area (Å²) in [6.07, 6.45) is 2.43. The molecule has 0 amide bonds. The SMILES string of the molecule is CCCC(NC)c1cc(C)ccc1C. The molecule has 0 saturated carbocycles. The number of nitrogens with one attached hydrogen (secondary N) is 1. The molecular weight excluding hydrogens is 170 g/mol. The molecular formula is C13H21N. The van der Waals surface area contributed by atoms with Gasteiger partial charge in [-0.15, -0.1) is 0 Å². The molecule has 1 unspecified atom stereocenters. The molecule has 0 fully saturated rings. The Hall–Kier alpha value is -0.820. The zero-order chi connectivity index (χ0) is 10.6. The summed E-state index contributed by atoms with van der Waals surface area (Å²) < 4.78 is 0. The van der Waals surface area contributed by atoms with Crippen LogP contribution in [-0.4, -0.2) is 7.05 Å². The zero-order valence-electron chi connectivity index (χ0n) is 9.72. The van der Waals surface area contributed by atoms with Crippen LogP contribution in [0, 0.1) is 13.8 Å². The quantitative estimate of drug-likeness (QED) is 0.769. The minimum absolute atomic E-state index is 0.514. The van der Waals surface area contributed by atoms with Crippen molar-refractivity contribution in [1.29, 1.82) is 0 Å². The molecule has 1 rings (SSSR count). The van der Waals surface area contributed by atoms with Gasteiger partial charge in [0.05, 0.1) is 0 Å². The fourth-order valence-electron chi connectivity index (χ4n) is 1.88. The molecule has 0 aliphatic carbocycles. The van der Waals surface area contributed by atoms with Crippen molar-refractivity contribution in [3.63, 3.8) is 0 Å². The Bertz CT molecular complexity index is 291. The van der Waals surface area contributed by atoms with E-state index in [0.29, 0.717) is 6.04 Å². The molecule has 0 radical (unpaired) electrons. The number of rotatable bonds is 4. The lowest BCUT2D eigenvalue weighted by Gasteiger charge is -2.18. The molecule has 1 aromatic carbocycles. The Labute approximate surface area is 87.5 Å².